The standard InChI is InChI=1S/C17H25N3O2/c1-17(2,3)13-20(9-5-8-18)11-14-6-4-7-15(10-14)22-12-16(19)21/h4,6-7,10H,5,9,11-13H2,1-3H3,(H2,19,21). The molecule has 5 heteroatoms. The van der Waals surface area contributed by atoms with Gasteiger partial charge in [-0.15, -0.1) is 0 Å². The molecule has 0 aromatic heterocycles. The molecule has 120 valence electrons. The molecule has 0 atom stereocenters. The molecule has 0 radical (unpaired) electrons. The highest BCUT2D eigenvalue weighted by Gasteiger charge is 2.16. The van der Waals surface area contributed by atoms with Gasteiger partial charge in [-0.2, -0.15) is 5.26 Å². The molecule has 22 heavy (non-hydrogen) atoms. The maximum Gasteiger partial charge on any atom is 0.255 e. The lowest BCUT2D eigenvalue weighted by Crippen LogP contribution is -2.33. The van der Waals surface area contributed by atoms with Crippen molar-refractivity contribution in [1.82, 2.24) is 4.90 Å². The Kier molecular flexibility index (Phi) is 6.87. The molecule has 2 N–H and O–H groups in total. The van der Waals surface area contributed by atoms with Crippen molar-refractivity contribution in [2.45, 2.75) is 33.7 Å². The Morgan fingerprint density at radius 1 is 1.41 bits per heavy atom. The summed E-state index contributed by atoms with van der Waals surface area (Å²) in [6, 6.07) is 9.81. The fraction of sp³-hybridized carbons (Fsp3) is 0.529. The monoisotopic (exact) mass is 303 g/mol. The van der Waals surface area contributed by atoms with E-state index in [-0.39, 0.29) is 12.0 Å². The first-order valence-electron chi connectivity index (χ1n) is 7.39. The summed E-state index contributed by atoms with van der Waals surface area (Å²) in [6.45, 7) is 8.80. The molecule has 0 aliphatic rings. The first-order valence-corrected chi connectivity index (χ1v) is 7.39. The van der Waals surface area contributed by atoms with Crippen LogP contribution in [-0.2, 0) is 11.3 Å². The highest BCUT2D eigenvalue weighted by Crippen LogP contribution is 2.19. The molecule has 0 aliphatic carbocycles. The largest absolute Gasteiger partial charge is 0.484 e. The summed E-state index contributed by atoms with van der Waals surface area (Å²) in [5.74, 6) is 0.140. The van der Waals surface area contributed by atoms with Crippen molar-refractivity contribution >= 4 is 5.91 Å². The van der Waals surface area contributed by atoms with Crippen molar-refractivity contribution in [2.75, 3.05) is 19.7 Å². The van der Waals surface area contributed by atoms with Crippen LogP contribution in [0.15, 0.2) is 24.3 Å². The molecular formula is C17H25N3O2. The Labute approximate surface area is 132 Å². The summed E-state index contributed by atoms with van der Waals surface area (Å²) in [4.78, 5) is 13.0. The minimum Gasteiger partial charge on any atom is -0.484 e. The van der Waals surface area contributed by atoms with Crippen molar-refractivity contribution in [3.63, 3.8) is 0 Å². The quantitative estimate of drug-likeness (QED) is 0.799. The molecule has 0 unspecified atom stereocenters. The van der Waals surface area contributed by atoms with Crippen molar-refractivity contribution in [3.8, 4) is 11.8 Å². The van der Waals surface area contributed by atoms with E-state index in [1.54, 1.807) is 6.07 Å². The van der Waals surface area contributed by atoms with Crippen molar-refractivity contribution < 1.29 is 9.53 Å². The average Bonchev–Trinajstić information content (AvgIpc) is 2.41. The van der Waals surface area contributed by atoms with Crippen molar-refractivity contribution in [1.29, 1.82) is 5.26 Å². The van der Waals surface area contributed by atoms with Crippen LogP contribution in [-0.4, -0.2) is 30.5 Å². The Hall–Kier alpha value is -2.06. The van der Waals surface area contributed by atoms with Crippen molar-refractivity contribution in [3.05, 3.63) is 29.8 Å². The van der Waals surface area contributed by atoms with Crippen LogP contribution in [0.3, 0.4) is 0 Å². The number of nitriles is 1. The third-order valence-electron chi connectivity index (χ3n) is 2.92. The number of nitrogens with two attached hydrogens (primary N) is 1. The number of nitrogens with zero attached hydrogens (tertiary/aromatic N) is 2. The highest BCUT2D eigenvalue weighted by atomic mass is 16.5. The van der Waals surface area contributed by atoms with Crippen LogP contribution in [0, 0.1) is 16.7 Å². The zero-order chi connectivity index (χ0) is 16.6. The first-order chi connectivity index (χ1) is 10.3. The molecular weight excluding hydrogens is 278 g/mol. The molecule has 0 saturated carbocycles. The number of primary amides is 1. The van der Waals surface area contributed by atoms with Gasteiger partial charge >= 0.3 is 0 Å². The van der Waals surface area contributed by atoms with E-state index >= 15 is 0 Å². The predicted molar refractivity (Wildman–Crippen MR) is 86.1 cm³/mol. The summed E-state index contributed by atoms with van der Waals surface area (Å²) in [5.41, 5.74) is 6.33. The van der Waals surface area contributed by atoms with Gasteiger partial charge in [0.25, 0.3) is 5.91 Å². The van der Waals surface area contributed by atoms with Crippen LogP contribution in [0.4, 0.5) is 0 Å². The normalized spacial score (nSPS) is 11.2. The smallest absolute Gasteiger partial charge is 0.255 e. The number of benzene rings is 1. The number of hydrogen-bond acceptors (Lipinski definition) is 4. The van der Waals surface area contributed by atoms with Gasteiger partial charge in [0.05, 0.1) is 6.07 Å². The lowest BCUT2D eigenvalue weighted by molar-refractivity contribution is -0.119. The maximum atomic E-state index is 10.8. The van der Waals surface area contributed by atoms with Crippen LogP contribution in [0.25, 0.3) is 0 Å². The zero-order valence-electron chi connectivity index (χ0n) is 13.6. The van der Waals surface area contributed by atoms with Crippen LogP contribution < -0.4 is 10.5 Å². The first kappa shape index (κ1) is 18.0. The predicted octanol–water partition coefficient (Wildman–Crippen LogP) is 2.31. The lowest BCUT2D eigenvalue weighted by Gasteiger charge is -2.29. The van der Waals surface area contributed by atoms with Gasteiger partial charge in [-0.25, -0.2) is 0 Å². The molecule has 0 saturated heterocycles. The molecule has 1 rings (SSSR count). The summed E-state index contributed by atoms with van der Waals surface area (Å²) in [5, 5.41) is 8.81. The zero-order valence-corrected chi connectivity index (χ0v) is 13.6. The SMILES string of the molecule is CC(C)(C)CN(CCC#N)Cc1cccc(OCC(N)=O)c1. The fourth-order valence-corrected chi connectivity index (χ4v) is 2.24. The molecule has 1 aromatic carbocycles. The minimum atomic E-state index is -0.492. The van der Waals surface area contributed by atoms with E-state index in [2.05, 4.69) is 31.7 Å². The third-order valence-corrected chi connectivity index (χ3v) is 2.92. The number of carbonyl (C=O) groups is 1. The van der Waals surface area contributed by atoms with Gasteiger partial charge in [0, 0.05) is 26.1 Å². The fourth-order valence-electron chi connectivity index (χ4n) is 2.24. The molecule has 5 nitrogen and oxygen atoms in total. The second-order valence-electron chi connectivity index (χ2n) is 6.58. The second kappa shape index (κ2) is 8.40. The van der Waals surface area contributed by atoms with E-state index in [1.807, 2.05) is 18.2 Å². The van der Waals surface area contributed by atoms with Gasteiger partial charge in [-0.05, 0) is 23.1 Å². The van der Waals surface area contributed by atoms with Gasteiger partial charge in [0.1, 0.15) is 5.75 Å². The van der Waals surface area contributed by atoms with E-state index in [1.165, 1.54) is 0 Å². The van der Waals surface area contributed by atoms with Crippen LogP contribution in [0.1, 0.15) is 32.8 Å². The van der Waals surface area contributed by atoms with E-state index < -0.39 is 5.91 Å². The van der Waals surface area contributed by atoms with E-state index in [0.717, 1.165) is 25.2 Å². The van der Waals surface area contributed by atoms with Crippen molar-refractivity contribution in [2.24, 2.45) is 11.1 Å². The highest BCUT2D eigenvalue weighted by molar-refractivity contribution is 5.75. The molecule has 0 bridgehead atoms. The number of hydrogen-bond donors (Lipinski definition) is 1. The topological polar surface area (TPSA) is 79.3 Å². The molecule has 0 spiro atoms. The number of amides is 1. The van der Waals surface area contributed by atoms with E-state index in [0.29, 0.717) is 12.2 Å². The van der Waals surface area contributed by atoms with Gasteiger partial charge < -0.3 is 10.5 Å². The van der Waals surface area contributed by atoms with Gasteiger partial charge in [-0.3, -0.25) is 9.69 Å². The Morgan fingerprint density at radius 2 is 2.14 bits per heavy atom. The molecule has 0 aliphatic heterocycles. The maximum absolute atomic E-state index is 10.8. The molecule has 1 amide bonds. The molecule has 1 aromatic rings. The molecule has 0 fully saturated rings. The second-order valence-corrected chi connectivity index (χ2v) is 6.58. The van der Waals surface area contributed by atoms with E-state index in [4.69, 9.17) is 15.7 Å². The summed E-state index contributed by atoms with van der Waals surface area (Å²) < 4.78 is 5.33. The third kappa shape index (κ3) is 7.65. The van der Waals surface area contributed by atoms with Gasteiger partial charge in [0.15, 0.2) is 6.61 Å². The lowest BCUT2D eigenvalue weighted by atomic mass is 9.95. The number of ether oxygens (including phenoxy) is 1. The van der Waals surface area contributed by atoms with Crippen LogP contribution >= 0.6 is 0 Å². The summed E-state index contributed by atoms with van der Waals surface area (Å²) >= 11 is 0. The average molecular weight is 303 g/mol. The Balaban J connectivity index is 2.73. The van der Waals surface area contributed by atoms with Gasteiger partial charge in [-0.1, -0.05) is 32.9 Å². The van der Waals surface area contributed by atoms with E-state index in [9.17, 15) is 4.79 Å². The van der Waals surface area contributed by atoms with Crippen LogP contribution in [0.2, 0.25) is 0 Å². The minimum absolute atomic E-state index is 0.121. The molecule has 0 heterocycles. The summed E-state index contributed by atoms with van der Waals surface area (Å²) in [6.07, 6.45) is 0.508. The Morgan fingerprint density at radius 3 is 2.73 bits per heavy atom. The van der Waals surface area contributed by atoms with Crippen LogP contribution in [0.5, 0.6) is 5.75 Å². The summed E-state index contributed by atoms with van der Waals surface area (Å²) in [7, 11) is 0. The number of carbonyl (C=O) groups excluding carboxylic acids is 1. The van der Waals surface area contributed by atoms with Gasteiger partial charge in [0.2, 0.25) is 0 Å². The number of rotatable bonds is 8. The Bertz CT molecular complexity index is 529.